The highest BCUT2D eigenvalue weighted by Gasteiger charge is 2.39. The molecule has 0 unspecified atom stereocenters. The second-order valence-electron chi connectivity index (χ2n) is 10.1. The van der Waals surface area contributed by atoms with Crippen molar-refractivity contribution in [1.29, 1.82) is 0 Å². The Balaban J connectivity index is 1.23. The van der Waals surface area contributed by atoms with E-state index in [0.29, 0.717) is 37.0 Å². The van der Waals surface area contributed by atoms with Crippen molar-refractivity contribution in [3.05, 3.63) is 71.4 Å². The van der Waals surface area contributed by atoms with Crippen molar-refractivity contribution >= 4 is 16.9 Å². The summed E-state index contributed by atoms with van der Waals surface area (Å²) in [7, 11) is 1.64. The van der Waals surface area contributed by atoms with Gasteiger partial charge in [0.15, 0.2) is 5.65 Å². The van der Waals surface area contributed by atoms with Gasteiger partial charge in [-0.3, -0.25) is 14.2 Å². The van der Waals surface area contributed by atoms with E-state index in [1.165, 1.54) is 17.1 Å². The van der Waals surface area contributed by atoms with Crippen LogP contribution >= 0.6 is 0 Å². The Morgan fingerprint density at radius 2 is 1.86 bits per heavy atom. The second kappa shape index (κ2) is 9.15. The van der Waals surface area contributed by atoms with Crippen molar-refractivity contribution in [1.82, 2.24) is 24.2 Å². The Morgan fingerprint density at radius 1 is 1.11 bits per heavy atom. The number of aliphatic hydroxyl groups is 1. The Hall–Kier alpha value is -3.98. The van der Waals surface area contributed by atoms with Gasteiger partial charge < -0.3 is 14.7 Å². The van der Waals surface area contributed by atoms with Gasteiger partial charge in [-0.25, -0.2) is 9.67 Å². The number of amides is 1. The zero-order valence-electron chi connectivity index (χ0n) is 20.7. The van der Waals surface area contributed by atoms with Crippen LogP contribution in [-0.2, 0) is 11.3 Å². The van der Waals surface area contributed by atoms with E-state index in [4.69, 9.17) is 4.74 Å². The number of rotatable bonds is 6. The summed E-state index contributed by atoms with van der Waals surface area (Å²) in [6.07, 6.45) is 5.83. The number of benzene rings is 2. The Bertz CT molecular complexity index is 1510. The number of aromatic nitrogens is 4. The number of nitrogens with zero attached hydrogens (tertiary/aromatic N) is 5. The summed E-state index contributed by atoms with van der Waals surface area (Å²) < 4.78 is 8.37. The Morgan fingerprint density at radius 3 is 2.57 bits per heavy atom. The highest BCUT2D eigenvalue weighted by Crippen LogP contribution is 2.33. The van der Waals surface area contributed by atoms with Gasteiger partial charge in [-0.15, -0.1) is 0 Å². The number of carbonyl (C=O) groups excluding carboxylic acids is 1. The summed E-state index contributed by atoms with van der Waals surface area (Å²) in [6.45, 7) is 1.16. The fourth-order valence-corrected chi connectivity index (χ4v) is 5.06. The Kier molecular flexibility index (Phi) is 5.79. The lowest BCUT2D eigenvalue weighted by Crippen LogP contribution is -2.50. The fraction of sp³-hybridized carbons (Fsp3) is 0.357. The summed E-state index contributed by atoms with van der Waals surface area (Å²) >= 11 is 0. The SMILES string of the molecule is COc1ccc(-c2cccc(-n3ncc4c(=O)n(CC5(O)CCN(C(=O)C6CC6)CC5)cnc43)c2)cc1. The van der Waals surface area contributed by atoms with Crippen LogP contribution in [0, 0.1) is 5.92 Å². The number of hydrogen-bond donors (Lipinski definition) is 1. The molecule has 0 bridgehead atoms. The monoisotopic (exact) mass is 499 g/mol. The molecule has 1 aliphatic heterocycles. The first-order valence-corrected chi connectivity index (χ1v) is 12.6. The molecule has 1 saturated heterocycles. The number of piperidine rings is 1. The van der Waals surface area contributed by atoms with Crippen molar-refractivity contribution in [3.63, 3.8) is 0 Å². The highest BCUT2D eigenvalue weighted by atomic mass is 16.5. The molecule has 190 valence electrons. The predicted molar refractivity (Wildman–Crippen MR) is 139 cm³/mol. The topological polar surface area (TPSA) is 102 Å². The molecular formula is C28H29N5O4. The Labute approximate surface area is 213 Å². The van der Waals surface area contributed by atoms with E-state index in [2.05, 4.69) is 10.1 Å². The molecule has 0 atom stereocenters. The van der Waals surface area contributed by atoms with E-state index in [1.807, 2.05) is 53.4 Å². The van der Waals surface area contributed by atoms with Crippen molar-refractivity contribution in [2.24, 2.45) is 5.92 Å². The molecule has 1 N–H and O–H groups in total. The van der Waals surface area contributed by atoms with Crippen LogP contribution in [0.3, 0.4) is 0 Å². The molecular weight excluding hydrogens is 470 g/mol. The third-order valence-electron chi connectivity index (χ3n) is 7.47. The second-order valence-corrected chi connectivity index (χ2v) is 10.1. The van der Waals surface area contributed by atoms with E-state index < -0.39 is 5.60 Å². The number of hydrogen-bond acceptors (Lipinski definition) is 6. The van der Waals surface area contributed by atoms with Crippen LogP contribution in [0.5, 0.6) is 5.75 Å². The number of carbonyl (C=O) groups is 1. The first kappa shape index (κ1) is 23.4. The predicted octanol–water partition coefficient (Wildman–Crippen LogP) is 3.02. The minimum absolute atomic E-state index is 0.137. The quantitative estimate of drug-likeness (QED) is 0.438. The molecule has 1 saturated carbocycles. The lowest BCUT2D eigenvalue weighted by atomic mass is 9.91. The van der Waals surface area contributed by atoms with Crippen LogP contribution < -0.4 is 10.3 Å². The maximum atomic E-state index is 13.3. The average Bonchev–Trinajstić information content (AvgIpc) is 3.69. The zero-order chi connectivity index (χ0) is 25.6. The molecule has 2 fully saturated rings. The van der Waals surface area contributed by atoms with Crippen molar-refractivity contribution in [2.75, 3.05) is 20.2 Å². The smallest absolute Gasteiger partial charge is 0.264 e. The van der Waals surface area contributed by atoms with Gasteiger partial charge in [-0.1, -0.05) is 24.3 Å². The van der Waals surface area contributed by atoms with Gasteiger partial charge in [0.2, 0.25) is 5.91 Å². The maximum absolute atomic E-state index is 13.3. The van der Waals surface area contributed by atoms with Gasteiger partial charge >= 0.3 is 0 Å². The van der Waals surface area contributed by atoms with Crippen LogP contribution in [0.2, 0.25) is 0 Å². The van der Waals surface area contributed by atoms with Crippen LogP contribution in [0.25, 0.3) is 27.8 Å². The van der Waals surface area contributed by atoms with Crippen LogP contribution in [0.4, 0.5) is 0 Å². The highest BCUT2D eigenvalue weighted by molar-refractivity contribution is 5.81. The molecule has 37 heavy (non-hydrogen) atoms. The third-order valence-corrected chi connectivity index (χ3v) is 7.47. The molecule has 9 nitrogen and oxygen atoms in total. The van der Waals surface area contributed by atoms with Gasteiger partial charge in [0, 0.05) is 19.0 Å². The van der Waals surface area contributed by atoms with Gasteiger partial charge in [-0.05, 0) is 61.1 Å². The molecule has 2 aliphatic rings. The van der Waals surface area contributed by atoms with Gasteiger partial charge in [0.25, 0.3) is 5.56 Å². The molecule has 6 rings (SSSR count). The fourth-order valence-electron chi connectivity index (χ4n) is 5.06. The van der Waals surface area contributed by atoms with E-state index in [1.54, 1.807) is 11.8 Å². The minimum atomic E-state index is -1.05. The first-order valence-electron chi connectivity index (χ1n) is 12.6. The van der Waals surface area contributed by atoms with Crippen molar-refractivity contribution in [2.45, 2.75) is 37.8 Å². The van der Waals surface area contributed by atoms with Crippen molar-refractivity contribution < 1.29 is 14.6 Å². The summed E-state index contributed by atoms with van der Waals surface area (Å²) in [5, 5.41) is 16.0. The number of ether oxygens (including phenoxy) is 1. The summed E-state index contributed by atoms with van der Waals surface area (Å²) in [5.74, 6) is 1.17. The summed E-state index contributed by atoms with van der Waals surface area (Å²) in [6, 6.07) is 15.7. The molecule has 2 aromatic carbocycles. The average molecular weight is 500 g/mol. The lowest BCUT2D eigenvalue weighted by Gasteiger charge is -2.38. The minimum Gasteiger partial charge on any atom is -0.497 e. The van der Waals surface area contributed by atoms with Crippen LogP contribution in [0.1, 0.15) is 25.7 Å². The van der Waals surface area contributed by atoms with Gasteiger partial charge in [0.05, 0.1) is 31.1 Å². The number of fused-ring (bicyclic) bond motifs is 1. The molecule has 3 heterocycles. The molecule has 9 heteroatoms. The van der Waals surface area contributed by atoms with Crippen molar-refractivity contribution in [3.8, 4) is 22.6 Å². The number of likely N-dealkylation sites (tertiary alicyclic amines) is 1. The lowest BCUT2D eigenvalue weighted by molar-refractivity contribution is -0.137. The zero-order valence-corrected chi connectivity index (χ0v) is 20.7. The molecule has 0 spiro atoms. The maximum Gasteiger partial charge on any atom is 0.264 e. The standard InChI is InChI=1S/C28H29N5O4/c1-37-23-9-7-19(8-10-23)21-3-2-4-22(15-21)33-25-24(16-30-33)27(35)32(18-29-25)17-28(36)11-13-31(14-12-28)26(34)20-5-6-20/h2-4,7-10,15-16,18,20,36H,5-6,11-14,17H2,1H3. The van der Waals surface area contributed by atoms with Crippen LogP contribution in [0.15, 0.2) is 65.8 Å². The van der Waals surface area contributed by atoms with E-state index in [-0.39, 0.29) is 23.9 Å². The normalized spacial score (nSPS) is 17.2. The summed E-state index contributed by atoms with van der Waals surface area (Å²) in [4.78, 5) is 32.0. The van der Waals surface area contributed by atoms with Gasteiger partial charge in [0.1, 0.15) is 17.5 Å². The van der Waals surface area contributed by atoms with E-state index in [0.717, 1.165) is 35.4 Å². The largest absolute Gasteiger partial charge is 0.497 e. The van der Waals surface area contributed by atoms with Crippen LogP contribution in [-0.4, -0.2) is 61.0 Å². The van der Waals surface area contributed by atoms with Gasteiger partial charge in [-0.2, -0.15) is 5.10 Å². The van der Waals surface area contributed by atoms with E-state index in [9.17, 15) is 14.7 Å². The number of methoxy groups -OCH3 is 1. The van der Waals surface area contributed by atoms with E-state index >= 15 is 0 Å². The molecule has 1 aliphatic carbocycles. The third kappa shape index (κ3) is 4.51. The summed E-state index contributed by atoms with van der Waals surface area (Å²) in [5.41, 5.74) is 2.00. The first-order chi connectivity index (χ1) is 17.9. The molecule has 1 amide bonds. The molecule has 2 aromatic heterocycles. The molecule has 0 radical (unpaired) electrons. The molecule has 4 aromatic rings.